The van der Waals surface area contributed by atoms with Gasteiger partial charge in [0.25, 0.3) is 5.91 Å². The molecular weight excluding hydrogens is 382 g/mol. The lowest BCUT2D eigenvalue weighted by Crippen LogP contribution is -2.30. The lowest BCUT2D eigenvalue weighted by Gasteiger charge is -2.26. The fourth-order valence-electron chi connectivity index (χ4n) is 3.77. The molecule has 0 radical (unpaired) electrons. The Morgan fingerprint density at radius 3 is 2.63 bits per heavy atom. The number of likely N-dealkylation sites (tertiary alicyclic amines) is 1. The van der Waals surface area contributed by atoms with Crippen molar-refractivity contribution in [1.29, 1.82) is 0 Å². The molecule has 4 rings (SSSR count). The van der Waals surface area contributed by atoms with Crippen molar-refractivity contribution in [3.05, 3.63) is 90.0 Å². The number of amides is 1. The molecule has 0 saturated carbocycles. The van der Waals surface area contributed by atoms with Gasteiger partial charge in [-0.2, -0.15) is 0 Å². The second-order valence-electron chi connectivity index (χ2n) is 7.01. The second-order valence-corrected chi connectivity index (χ2v) is 7.01. The summed E-state index contributed by atoms with van der Waals surface area (Å²) in [5, 5.41) is 0. The fourth-order valence-corrected chi connectivity index (χ4v) is 3.77. The van der Waals surface area contributed by atoms with Crippen LogP contribution in [0.2, 0.25) is 0 Å². The second kappa shape index (κ2) is 8.24. The highest BCUT2D eigenvalue weighted by Gasteiger charge is 2.51. The van der Waals surface area contributed by atoms with Gasteiger partial charge in [0.15, 0.2) is 18.2 Å². The van der Waals surface area contributed by atoms with Gasteiger partial charge in [-0.25, -0.2) is 4.98 Å². The Bertz CT molecular complexity index is 1090. The number of hydrogen-bond acceptors (Lipinski definition) is 5. The van der Waals surface area contributed by atoms with Crippen molar-refractivity contribution in [2.24, 2.45) is 5.92 Å². The number of nitrogens with one attached hydrogen (secondary N) is 1. The lowest BCUT2D eigenvalue weighted by molar-refractivity contribution is -0.378. The van der Waals surface area contributed by atoms with Crippen LogP contribution in [0.1, 0.15) is 27.5 Å². The molecule has 2 aromatic heterocycles. The van der Waals surface area contributed by atoms with Crippen molar-refractivity contribution in [3.63, 3.8) is 0 Å². The first-order chi connectivity index (χ1) is 14.6. The Kier molecular flexibility index (Phi) is 5.34. The van der Waals surface area contributed by atoms with Crippen LogP contribution in [0, 0.1) is 5.92 Å². The summed E-state index contributed by atoms with van der Waals surface area (Å²) < 4.78 is 5.20. The van der Waals surface area contributed by atoms with Crippen molar-refractivity contribution >= 4 is 17.5 Å². The van der Waals surface area contributed by atoms with Gasteiger partial charge < -0.3 is 9.64 Å². The maximum Gasteiger partial charge on any atom is 0.291 e. The third kappa shape index (κ3) is 3.57. The molecule has 7 nitrogen and oxygen atoms in total. The minimum atomic E-state index is -1.14. The molecule has 2 atom stereocenters. The van der Waals surface area contributed by atoms with Gasteiger partial charge in [-0.15, -0.1) is 0 Å². The Morgan fingerprint density at radius 2 is 1.93 bits per heavy atom. The van der Waals surface area contributed by atoms with E-state index in [9.17, 15) is 14.4 Å². The topological polar surface area (TPSA) is 90.7 Å². The number of ether oxygens (including phenoxy) is 1. The average Bonchev–Trinajstić information content (AvgIpc) is 3.05. The van der Waals surface area contributed by atoms with Crippen molar-refractivity contribution in [2.75, 3.05) is 7.11 Å². The van der Waals surface area contributed by atoms with Gasteiger partial charge in [0.1, 0.15) is 11.7 Å². The van der Waals surface area contributed by atoms with Crippen LogP contribution in [-0.4, -0.2) is 34.5 Å². The molecule has 30 heavy (non-hydrogen) atoms. The minimum absolute atomic E-state index is 0.184. The summed E-state index contributed by atoms with van der Waals surface area (Å²) in [5.41, 5.74) is 1.81. The SMILES string of the molecule is COc1cccc(C(=O)C2C(=O)C(=O)N(Cc3cccnc3)C2c2cc[nH+]cc2)c1. The highest BCUT2D eigenvalue weighted by atomic mass is 16.5. The van der Waals surface area contributed by atoms with Gasteiger partial charge in [-0.3, -0.25) is 19.4 Å². The number of aromatic nitrogens is 2. The molecule has 1 aromatic carbocycles. The summed E-state index contributed by atoms with van der Waals surface area (Å²) in [6.45, 7) is 0.184. The molecule has 0 aliphatic carbocycles. The van der Waals surface area contributed by atoms with E-state index in [1.54, 1.807) is 67.3 Å². The van der Waals surface area contributed by atoms with E-state index in [1.807, 2.05) is 6.07 Å². The van der Waals surface area contributed by atoms with Gasteiger partial charge in [0.2, 0.25) is 5.78 Å². The standard InChI is InChI=1S/C23H19N3O4/c1-30-18-6-2-5-17(12-18)21(27)19-20(16-7-10-24-11-8-16)26(23(29)22(19)28)14-15-4-3-9-25-13-15/h2-13,19-20H,14H2,1H3/p+1. The first-order valence-corrected chi connectivity index (χ1v) is 9.48. The van der Waals surface area contributed by atoms with E-state index in [2.05, 4.69) is 9.97 Å². The summed E-state index contributed by atoms with van der Waals surface area (Å²) in [4.78, 5) is 47.8. The van der Waals surface area contributed by atoms with E-state index in [0.717, 1.165) is 5.56 Å². The Labute approximate surface area is 173 Å². The summed E-state index contributed by atoms with van der Waals surface area (Å²) in [7, 11) is 1.51. The zero-order valence-corrected chi connectivity index (χ0v) is 16.3. The van der Waals surface area contributed by atoms with E-state index in [0.29, 0.717) is 16.9 Å². The molecule has 1 amide bonds. The molecule has 150 valence electrons. The van der Waals surface area contributed by atoms with Gasteiger partial charge in [-0.05, 0) is 29.3 Å². The Morgan fingerprint density at radius 1 is 1.13 bits per heavy atom. The van der Waals surface area contributed by atoms with Crippen molar-refractivity contribution < 1.29 is 24.1 Å². The molecule has 7 heteroatoms. The van der Waals surface area contributed by atoms with Crippen molar-refractivity contribution in [2.45, 2.75) is 12.6 Å². The first kappa shape index (κ1) is 19.4. The molecule has 3 aromatic rings. The number of Topliss-reactive ketones (excluding diaryl/α,β-unsaturated/α-hetero) is 2. The number of pyridine rings is 2. The summed E-state index contributed by atoms with van der Waals surface area (Å²) >= 11 is 0. The number of aromatic amines is 1. The van der Waals surface area contributed by atoms with Crippen LogP contribution < -0.4 is 9.72 Å². The zero-order valence-electron chi connectivity index (χ0n) is 16.3. The molecule has 1 fully saturated rings. The number of rotatable bonds is 6. The van der Waals surface area contributed by atoms with Gasteiger partial charge in [-0.1, -0.05) is 18.2 Å². The maximum absolute atomic E-state index is 13.4. The van der Waals surface area contributed by atoms with E-state index >= 15 is 0 Å². The molecule has 1 saturated heterocycles. The summed E-state index contributed by atoms with van der Waals surface area (Å²) in [5.74, 6) is -2.40. The largest absolute Gasteiger partial charge is 0.497 e. The number of ketones is 2. The predicted octanol–water partition coefficient (Wildman–Crippen LogP) is 2.06. The smallest absolute Gasteiger partial charge is 0.291 e. The molecule has 0 spiro atoms. The number of nitrogens with zero attached hydrogens (tertiary/aromatic N) is 2. The fraction of sp³-hybridized carbons (Fsp3) is 0.174. The number of H-pyrrole nitrogens is 1. The quantitative estimate of drug-likeness (QED) is 0.358. The van der Waals surface area contributed by atoms with Crippen molar-refractivity contribution in [3.8, 4) is 5.75 Å². The Hall–Kier alpha value is -3.87. The number of carbonyl (C=O) groups is 3. The third-order valence-corrected chi connectivity index (χ3v) is 5.20. The minimum Gasteiger partial charge on any atom is -0.497 e. The maximum atomic E-state index is 13.4. The Balaban J connectivity index is 1.76. The lowest BCUT2D eigenvalue weighted by atomic mass is 9.86. The molecule has 2 unspecified atom stereocenters. The molecule has 3 heterocycles. The summed E-state index contributed by atoms with van der Waals surface area (Å²) in [6.07, 6.45) is 6.70. The monoisotopic (exact) mass is 402 g/mol. The number of benzene rings is 1. The van der Waals surface area contributed by atoms with Crippen LogP contribution in [-0.2, 0) is 16.1 Å². The first-order valence-electron chi connectivity index (χ1n) is 9.48. The van der Waals surface area contributed by atoms with E-state index in [1.165, 1.54) is 12.0 Å². The summed E-state index contributed by atoms with van der Waals surface area (Å²) in [6, 6.07) is 13.1. The van der Waals surface area contributed by atoms with Crippen LogP contribution in [0.25, 0.3) is 0 Å². The highest BCUT2D eigenvalue weighted by Crippen LogP contribution is 2.39. The predicted molar refractivity (Wildman–Crippen MR) is 106 cm³/mol. The van der Waals surface area contributed by atoms with E-state index in [4.69, 9.17) is 4.74 Å². The third-order valence-electron chi connectivity index (χ3n) is 5.20. The molecule has 1 aliphatic rings. The van der Waals surface area contributed by atoms with Gasteiger partial charge in [0, 0.05) is 36.6 Å². The van der Waals surface area contributed by atoms with Crippen LogP contribution >= 0.6 is 0 Å². The van der Waals surface area contributed by atoms with Crippen LogP contribution in [0.3, 0.4) is 0 Å². The van der Waals surface area contributed by atoms with Gasteiger partial charge >= 0.3 is 0 Å². The van der Waals surface area contributed by atoms with Crippen LogP contribution in [0.5, 0.6) is 5.75 Å². The van der Waals surface area contributed by atoms with Gasteiger partial charge in [0.05, 0.1) is 13.2 Å². The number of hydrogen-bond donors (Lipinski definition) is 0. The number of methoxy groups -OCH3 is 1. The van der Waals surface area contributed by atoms with Crippen molar-refractivity contribution in [1.82, 2.24) is 9.88 Å². The zero-order chi connectivity index (χ0) is 21.1. The normalized spacial score (nSPS) is 18.5. The van der Waals surface area contributed by atoms with E-state index < -0.39 is 29.4 Å². The average molecular weight is 402 g/mol. The molecule has 1 aliphatic heterocycles. The highest BCUT2D eigenvalue weighted by molar-refractivity contribution is 6.44. The molecule has 1 N–H and O–H groups in total. The molecular formula is C23H20N3O4+. The van der Waals surface area contributed by atoms with E-state index in [-0.39, 0.29) is 6.54 Å². The number of carbonyl (C=O) groups excluding carboxylic acids is 3. The molecule has 0 bridgehead atoms. The van der Waals surface area contributed by atoms with Crippen LogP contribution in [0.15, 0.2) is 73.3 Å². The van der Waals surface area contributed by atoms with Crippen LogP contribution in [0.4, 0.5) is 0 Å².